The first-order valence-corrected chi connectivity index (χ1v) is 9.72. The summed E-state index contributed by atoms with van der Waals surface area (Å²) in [6, 6.07) is 0. The third kappa shape index (κ3) is 3.42. The highest BCUT2D eigenvalue weighted by atomic mass is 32.2. The van der Waals surface area contributed by atoms with Crippen molar-refractivity contribution < 1.29 is 12.9 Å². The molecule has 0 amide bonds. The fourth-order valence-electron chi connectivity index (χ4n) is 3.12. The summed E-state index contributed by atoms with van der Waals surface area (Å²) in [4.78, 5) is 12.7. The molecule has 2 aromatic heterocycles. The molecule has 0 bridgehead atoms. The van der Waals surface area contributed by atoms with Crippen molar-refractivity contribution >= 4 is 10.2 Å². The van der Waals surface area contributed by atoms with E-state index in [-0.39, 0.29) is 5.92 Å². The molecule has 0 unspecified atom stereocenters. The van der Waals surface area contributed by atoms with Gasteiger partial charge in [-0.15, -0.1) is 0 Å². The zero-order chi connectivity index (χ0) is 18.0. The fourth-order valence-corrected chi connectivity index (χ4v) is 4.80. The molecule has 2 aromatic rings. The second-order valence-corrected chi connectivity index (χ2v) is 7.82. The Balaban J connectivity index is 1.86. The Hall–Kier alpha value is -1.91. The largest absolute Gasteiger partial charge is 0.339 e. The summed E-state index contributed by atoms with van der Waals surface area (Å²) >= 11 is 0. The maximum atomic E-state index is 12.7. The van der Waals surface area contributed by atoms with Crippen molar-refractivity contribution in [1.29, 1.82) is 0 Å². The van der Waals surface area contributed by atoms with E-state index in [1.54, 1.807) is 13.1 Å². The molecule has 3 heterocycles. The highest BCUT2D eigenvalue weighted by molar-refractivity contribution is 7.86. The molecule has 0 aliphatic carbocycles. The zero-order valence-electron chi connectivity index (χ0n) is 14.6. The first-order chi connectivity index (χ1) is 12.0. The van der Waals surface area contributed by atoms with Crippen molar-refractivity contribution in [3.8, 4) is 11.4 Å². The molecule has 1 aliphatic rings. The monoisotopic (exact) mass is 366 g/mol. The van der Waals surface area contributed by atoms with Crippen LogP contribution in [0.3, 0.4) is 0 Å². The van der Waals surface area contributed by atoms with Gasteiger partial charge in [-0.25, -0.2) is 9.97 Å². The van der Waals surface area contributed by atoms with E-state index in [9.17, 15) is 8.42 Å². The molecule has 3 rings (SSSR count). The minimum absolute atomic E-state index is 0.0258. The van der Waals surface area contributed by atoms with Crippen molar-refractivity contribution in [2.45, 2.75) is 33.1 Å². The second kappa shape index (κ2) is 7.14. The molecular weight excluding hydrogens is 344 g/mol. The van der Waals surface area contributed by atoms with Crippen LogP contribution in [0.5, 0.6) is 0 Å². The van der Waals surface area contributed by atoms with Gasteiger partial charge in [-0.05, 0) is 6.42 Å². The van der Waals surface area contributed by atoms with Crippen LogP contribution in [-0.4, -0.2) is 63.3 Å². The molecule has 1 fully saturated rings. The minimum Gasteiger partial charge on any atom is -0.339 e. The smallest absolute Gasteiger partial charge is 0.281 e. The third-order valence-electron chi connectivity index (χ3n) is 4.41. The van der Waals surface area contributed by atoms with Crippen LogP contribution in [-0.2, 0) is 10.2 Å². The minimum atomic E-state index is -3.44. The van der Waals surface area contributed by atoms with Crippen LogP contribution in [0.1, 0.15) is 37.8 Å². The van der Waals surface area contributed by atoms with Crippen LogP contribution in [0.25, 0.3) is 11.4 Å². The molecule has 0 saturated carbocycles. The first kappa shape index (κ1) is 17.9. The van der Waals surface area contributed by atoms with E-state index in [1.165, 1.54) is 14.9 Å². The van der Waals surface area contributed by atoms with Gasteiger partial charge in [0.2, 0.25) is 11.7 Å². The molecule has 0 N–H and O–H groups in total. The second-order valence-electron chi connectivity index (χ2n) is 5.89. The molecule has 1 aliphatic heterocycles. The lowest BCUT2D eigenvalue weighted by molar-refractivity contribution is 0.377. The maximum Gasteiger partial charge on any atom is 0.281 e. The van der Waals surface area contributed by atoms with Crippen LogP contribution in [0.2, 0.25) is 0 Å². The van der Waals surface area contributed by atoms with E-state index in [4.69, 9.17) is 4.52 Å². The molecule has 1 atom stereocenters. The number of hydrogen-bond acceptors (Lipinski definition) is 7. The highest BCUT2D eigenvalue weighted by Crippen LogP contribution is 2.33. The van der Waals surface area contributed by atoms with Crippen molar-refractivity contribution in [2.75, 3.05) is 26.2 Å². The van der Waals surface area contributed by atoms with E-state index >= 15 is 0 Å². The normalized spacial score (nSPS) is 19.0. The van der Waals surface area contributed by atoms with Crippen molar-refractivity contribution in [3.63, 3.8) is 0 Å². The van der Waals surface area contributed by atoms with Gasteiger partial charge in [-0.1, -0.05) is 19.0 Å². The molecule has 136 valence electrons. The van der Waals surface area contributed by atoms with E-state index in [1.807, 2.05) is 13.8 Å². The van der Waals surface area contributed by atoms with E-state index < -0.39 is 10.2 Å². The van der Waals surface area contributed by atoms with Crippen LogP contribution >= 0.6 is 0 Å². The summed E-state index contributed by atoms with van der Waals surface area (Å²) in [7, 11) is -3.44. The molecule has 0 radical (unpaired) electrons. The topological polar surface area (TPSA) is 105 Å². The lowest BCUT2D eigenvalue weighted by atomic mass is 10.00. The van der Waals surface area contributed by atoms with Crippen molar-refractivity contribution in [1.82, 2.24) is 28.7 Å². The van der Waals surface area contributed by atoms with Gasteiger partial charge < -0.3 is 4.52 Å². The predicted octanol–water partition coefficient (Wildman–Crippen LogP) is 1.21. The van der Waals surface area contributed by atoms with E-state index in [0.717, 1.165) is 5.69 Å². The van der Waals surface area contributed by atoms with Crippen LogP contribution in [0.15, 0.2) is 17.0 Å². The quantitative estimate of drug-likeness (QED) is 0.756. The summed E-state index contributed by atoms with van der Waals surface area (Å²) in [6.45, 7) is 7.18. The Labute approximate surface area is 147 Å². The summed E-state index contributed by atoms with van der Waals surface area (Å²) in [5, 5.41) is 3.93. The summed E-state index contributed by atoms with van der Waals surface area (Å²) in [6.07, 6.45) is 3.81. The van der Waals surface area contributed by atoms with Crippen LogP contribution < -0.4 is 0 Å². The fraction of sp³-hybridized carbons (Fsp3) is 0.600. The van der Waals surface area contributed by atoms with Gasteiger partial charge in [-0.3, -0.25) is 0 Å². The van der Waals surface area contributed by atoms with Gasteiger partial charge >= 0.3 is 0 Å². The molecule has 9 nitrogen and oxygen atoms in total. The Kier molecular flexibility index (Phi) is 5.11. The average molecular weight is 366 g/mol. The number of hydrogen-bond donors (Lipinski definition) is 0. The zero-order valence-corrected chi connectivity index (χ0v) is 15.4. The molecule has 10 heteroatoms. The molecule has 25 heavy (non-hydrogen) atoms. The van der Waals surface area contributed by atoms with Crippen LogP contribution in [0.4, 0.5) is 0 Å². The van der Waals surface area contributed by atoms with Crippen molar-refractivity contribution in [3.05, 3.63) is 24.1 Å². The third-order valence-corrected chi connectivity index (χ3v) is 6.56. The Morgan fingerprint density at radius 2 is 2.12 bits per heavy atom. The highest BCUT2D eigenvalue weighted by Gasteiger charge is 2.36. The maximum absolute atomic E-state index is 12.7. The van der Waals surface area contributed by atoms with E-state index in [2.05, 4.69) is 20.1 Å². The van der Waals surface area contributed by atoms with Gasteiger partial charge in [0, 0.05) is 45.2 Å². The molecular formula is C15H22N6O3S. The standard InChI is InChI=1S/C15H22N6O3S/c1-4-20(5-2)25(22,23)21-7-6-12(9-21)14-13(8-16-10-17-14)15-18-11(3)24-19-15/h8,10,12H,4-7,9H2,1-3H3/t12-/m0/s1. The van der Waals surface area contributed by atoms with Gasteiger partial charge in [0.1, 0.15) is 6.33 Å². The Bertz CT molecular complexity index is 833. The van der Waals surface area contributed by atoms with Gasteiger partial charge in [0.15, 0.2) is 0 Å². The predicted molar refractivity (Wildman–Crippen MR) is 90.8 cm³/mol. The number of aromatic nitrogens is 4. The number of nitrogens with zero attached hydrogens (tertiary/aromatic N) is 6. The van der Waals surface area contributed by atoms with E-state index in [0.29, 0.717) is 49.9 Å². The van der Waals surface area contributed by atoms with Gasteiger partial charge in [0.25, 0.3) is 10.2 Å². The lowest BCUT2D eigenvalue weighted by Gasteiger charge is -2.25. The Morgan fingerprint density at radius 1 is 1.36 bits per heavy atom. The van der Waals surface area contributed by atoms with Crippen molar-refractivity contribution in [2.24, 2.45) is 0 Å². The summed E-state index contributed by atoms with van der Waals surface area (Å²) in [5.41, 5.74) is 1.44. The number of aryl methyl sites for hydroxylation is 1. The molecule has 0 aromatic carbocycles. The molecule has 0 spiro atoms. The lowest BCUT2D eigenvalue weighted by Crippen LogP contribution is -2.42. The molecule has 1 saturated heterocycles. The summed E-state index contributed by atoms with van der Waals surface area (Å²) < 4.78 is 33.5. The Morgan fingerprint density at radius 3 is 2.76 bits per heavy atom. The summed E-state index contributed by atoms with van der Waals surface area (Å²) in [5.74, 6) is 0.863. The SMILES string of the molecule is CCN(CC)S(=O)(=O)N1CC[C@H](c2ncncc2-c2noc(C)n2)C1. The van der Waals surface area contributed by atoms with Gasteiger partial charge in [0.05, 0.1) is 11.3 Å². The average Bonchev–Trinajstić information content (AvgIpc) is 3.25. The van der Waals surface area contributed by atoms with Gasteiger partial charge in [-0.2, -0.15) is 22.0 Å². The number of rotatable bonds is 6. The first-order valence-electron chi connectivity index (χ1n) is 8.33. The van der Waals surface area contributed by atoms with Crippen LogP contribution in [0, 0.1) is 6.92 Å².